The second-order valence-electron chi connectivity index (χ2n) is 4.50. The molecule has 0 saturated heterocycles. The van der Waals surface area contributed by atoms with Crippen LogP contribution in [0, 0.1) is 0 Å². The summed E-state index contributed by atoms with van der Waals surface area (Å²) in [5.41, 5.74) is 0. The molecule has 0 aromatic carbocycles. The van der Waals surface area contributed by atoms with Gasteiger partial charge in [0.1, 0.15) is 12.2 Å². The third kappa shape index (κ3) is 7.57. The largest absolute Gasteiger partial charge is 0.355 e. The topological polar surface area (TPSA) is 96.2 Å². The molecule has 1 aromatic rings. The molecule has 0 radical (unpaired) electrons. The van der Waals surface area contributed by atoms with Gasteiger partial charge in [-0.1, -0.05) is 13.8 Å². The van der Waals surface area contributed by atoms with Crippen molar-refractivity contribution in [3.8, 4) is 0 Å². The second-order valence-corrected chi connectivity index (χ2v) is 4.50. The Balaban J connectivity index is 0.00000441. The number of carbonyl (C=O) groups excluding carboxylic acids is 1. The molecule has 126 valence electrons. The summed E-state index contributed by atoms with van der Waals surface area (Å²) in [6.45, 7) is 6.40. The van der Waals surface area contributed by atoms with Gasteiger partial charge in [-0.3, -0.25) is 9.79 Å². The lowest BCUT2D eigenvalue weighted by Gasteiger charge is -2.12. The highest BCUT2D eigenvalue weighted by atomic mass is 127. The average Bonchev–Trinajstić information content (AvgIpc) is 2.95. The molecule has 1 amide bonds. The molecular weight excluding hydrogens is 397 g/mol. The Bertz CT molecular complexity index is 461. The van der Waals surface area contributed by atoms with Crippen LogP contribution < -0.4 is 16.0 Å². The number of aromatic nitrogens is 3. The predicted octanol–water partition coefficient (Wildman–Crippen LogP) is 0.150. The van der Waals surface area contributed by atoms with Gasteiger partial charge in [0.15, 0.2) is 5.96 Å². The molecule has 0 aliphatic heterocycles. The van der Waals surface area contributed by atoms with Crippen LogP contribution in [0.4, 0.5) is 0 Å². The van der Waals surface area contributed by atoms with Gasteiger partial charge in [-0.15, -0.1) is 34.2 Å². The van der Waals surface area contributed by atoms with Gasteiger partial charge in [0.05, 0.1) is 6.54 Å². The molecule has 0 spiro atoms. The van der Waals surface area contributed by atoms with Crippen LogP contribution >= 0.6 is 24.0 Å². The van der Waals surface area contributed by atoms with E-state index in [1.54, 1.807) is 13.4 Å². The monoisotopic (exact) mass is 423 g/mol. The van der Waals surface area contributed by atoms with E-state index < -0.39 is 0 Å². The highest BCUT2D eigenvalue weighted by molar-refractivity contribution is 14.0. The maximum Gasteiger partial charge on any atom is 0.239 e. The number of hydrogen-bond acceptors (Lipinski definition) is 4. The third-order valence-corrected chi connectivity index (χ3v) is 2.87. The first-order chi connectivity index (χ1) is 10.2. The van der Waals surface area contributed by atoms with Crippen molar-refractivity contribution >= 4 is 35.8 Å². The van der Waals surface area contributed by atoms with Crippen molar-refractivity contribution in [3.05, 3.63) is 12.2 Å². The summed E-state index contributed by atoms with van der Waals surface area (Å²) in [5.74, 6) is 1.53. The molecule has 3 N–H and O–H groups in total. The van der Waals surface area contributed by atoms with Gasteiger partial charge in [0.2, 0.25) is 5.91 Å². The summed E-state index contributed by atoms with van der Waals surface area (Å²) in [7, 11) is 1.68. The lowest BCUT2D eigenvalue weighted by atomic mass is 10.4. The summed E-state index contributed by atoms with van der Waals surface area (Å²) in [6.07, 6.45) is 3.50. The van der Waals surface area contributed by atoms with Crippen LogP contribution in [0.3, 0.4) is 0 Å². The van der Waals surface area contributed by atoms with Crippen LogP contribution in [0.25, 0.3) is 0 Å². The van der Waals surface area contributed by atoms with Crippen LogP contribution in [0.15, 0.2) is 11.3 Å². The Morgan fingerprint density at radius 1 is 1.27 bits per heavy atom. The molecule has 0 aliphatic rings. The van der Waals surface area contributed by atoms with Crippen molar-refractivity contribution in [2.75, 3.05) is 26.7 Å². The molecule has 0 saturated carbocycles. The maximum atomic E-state index is 11.5. The van der Waals surface area contributed by atoms with Crippen molar-refractivity contribution in [2.45, 2.75) is 33.2 Å². The number of nitrogens with zero attached hydrogens (tertiary/aromatic N) is 4. The van der Waals surface area contributed by atoms with Gasteiger partial charge in [-0.05, 0) is 6.42 Å². The van der Waals surface area contributed by atoms with Gasteiger partial charge >= 0.3 is 0 Å². The Morgan fingerprint density at radius 3 is 2.68 bits per heavy atom. The Hall–Kier alpha value is -1.39. The van der Waals surface area contributed by atoms with E-state index in [1.807, 2.05) is 18.4 Å². The molecular formula is C13H26IN7O. The SMILES string of the molecule is CCCNC(=O)CNC(=NC)NCCn1cnnc1CC.I. The number of halogens is 1. The van der Waals surface area contributed by atoms with Crippen LogP contribution in [0.1, 0.15) is 26.1 Å². The molecule has 8 nitrogen and oxygen atoms in total. The van der Waals surface area contributed by atoms with E-state index in [0.717, 1.165) is 25.2 Å². The lowest BCUT2D eigenvalue weighted by Crippen LogP contribution is -2.44. The number of aryl methyl sites for hydroxylation is 1. The van der Waals surface area contributed by atoms with Gasteiger partial charge in [0, 0.05) is 33.1 Å². The maximum absolute atomic E-state index is 11.5. The van der Waals surface area contributed by atoms with Crippen molar-refractivity contribution < 1.29 is 4.79 Å². The molecule has 1 heterocycles. The van der Waals surface area contributed by atoms with Crippen LogP contribution in [0.2, 0.25) is 0 Å². The van der Waals surface area contributed by atoms with Crippen molar-refractivity contribution in [2.24, 2.45) is 4.99 Å². The van der Waals surface area contributed by atoms with E-state index in [0.29, 0.717) is 19.0 Å². The minimum absolute atomic E-state index is 0. The number of rotatable bonds is 8. The molecule has 0 aliphatic carbocycles. The van der Waals surface area contributed by atoms with Gasteiger partial charge in [0.25, 0.3) is 0 Å². The van der Waals surface area contributed by atoms with Gasteiger partial charge in [-0.25, -0.2) is 0 Å². The van der Waals surface area contributed by atoms with Crippen LogP contribution in [-0.2, 0) is 17.8 Å². The highest BCUT2D eigenvalue weighted by Crippen LogP contribution is 1.94. The Morgan fingerprint density at radius 2 is 2.05 bits per heavy atom. The number of carbonyl (C=O) groups is 1. The fraction of sp³-hybridized carbons (Fsp3) is 0.692. The minimum atomic E-state index is -0.0353. The molecule has 0 fully saturated rings. The number of hydrogen-bond donors (Lipinski definition) is 3. The normalized spacial score (nSPS) is 10.8. The number of nitrogens with one attached hydrogen (secondary N) is 3. The van der Waals surface area contributed by atoms with Gasteiger partial charge in [-0.2, -0.15) is 0 Å². The summed E-state index contributed by atoms with van der Waals surface area (Å²) < 4.78 is 1.99. The third-order valence-electron chi connectivity index (χ3n) is 2.87. The predicted molar refractivity (Wildman–Crippen MR) is 97.5 cm³/mol. The first-order valence-electron chi connectivity index (χ1n) is 7.29. The fourth-order valence-electron chi connectivity index (χ4n) is 1.75. The number of aliphatic imine (C=N–C) groups is 1. The summed E-state index contributed by atoms with van der Waals surface area (Å²) in [5, 5.41) is 16.8. The Labute approximate surface area is 148 Å². The molecule has 0 bridgehead atoms. The second kappa shape index (κ2) is 12.2. The van der Waals surface area contributed by atoms with Crippen molar-refractivity contribution in [1.29, 1.82) is 0 Å². The molecule has 0 unspecified atom stereocenters. The highest BCUT2D eigenvalue weighted by Gasteiger charge is 2.04. The molecule has 0 atom stereocenters. The zero-order chi connectivity index (χ0) is 15.5. The van der Waals surface area contributed by atoms with E-state index in [9.17, 15) is 4.79 Å². The fourth-order valence-corrected chi connectivity index (χ4v) is 1.75. The van der Waals surface area contributed by atoms with Gasteiger partial charge < -0.3 is 20.5 Å². The molecule has 1 aromatic heterocycles. The average molecular weight is 423 g/mol. The zero-order valence-electron chi connectivity index (χ0n) is 13.4. The van der Waals surface area contributed by atoms with Crippen molar-refractivity contribution in [1.82, 2.24) is 30.7 Å². The van der Waals surface area contributed by atoms with Crippen LogP contribution in [-0.4, -0.2) is 53.3 Å². The molecule has 22 heavy (non-hydrogen) atoms. The van der Waals surface area contributed by atoms with Crippen LogP contribution in [0.5, 0.6) is 0 Å². The number of amides is 1. The molecule has 1 rings (SSSR count). The number of guanidine groups is 1. The van der Waals surface area contributed by atoms with Crippen molar-refractivity contribution in [3.63, 3.8) is 0 Å². The summed E-state index contributed by atoms with van der Waals surface area (Å²) in [6, 6.07) is 0. The lowest BCUT2D eigenvalue weighted by molar-refractivity contribution is -0.120. The minimum Gasteiger partial charge on any atom is -0.355 e. The van der Waals surface area contributed by atoms with E-state index >= 15 is 0 Å². The Kier molecular flexibility index (Phi) is 11.4. The van der Waals surface area contributed by atoms with E-state index in [4.69, 9.17) is 0 Å². The molecule has 9 heteroatoms. The smallest absolute Gasteiger partial charge is 0.239 e. The zero-order valence-corrected chi connectivity index (χ0v) is 15.8. The first kappa shape index (κ1) is 20.6. The van der Waals surface area contributed by atoms with E-state index in [1.165, 1.54) is 0 Å². The van der Waals surface area contributed by atoms with E-state index in [-0.39, 0.29) is 36.4 Å². The standard InChI is InChI=1S/C13H25N7O.HI/c1-4-6-15-12(21)9-17-13(14-3)16-7-8-20-10-18-19-11(20)5-2;/h10H,4-9H2,1-3H3,(H,15,21)(H2,14,16,17);1H. The summed E-state index contributed by atoms with van der Waals surface area (Å²) in [4.78, 5) is 15.6. The summed E-state index contributed by atoms with van der Waals surface area (Å²) >= 11 is 0. The van der Waals surface area contributed by atoms with E-state index in [2.05, 4.69) is 31.1 Å². The first-order valence-corrected chi connectivity index (χ1v) is 7.29. The quantitative estimate of drug-likeness (QED) is 0.314.